The molecule has 0 aromatic heterocycles. The lowest BCUT2D eigenvalue weighted by atomic mass is 10.1. The molecule has 0 saturated heterocycles. The van der Waals surface area contributed by atoms with Crippen molar-refractivity contribution in [2.45, 2.75) is 19.8 Å². The van der Waals surface area contributed by atoms with Gasteiger partial charge in [0, 0.05) is 6.42 Å². The lowest BCUT2D eigenvalue weighted by molar-refractivity contribution is -0.141. The summed E-state index contributed by atoms with van der Waals surface area (Å²) in [5, 5.41) is 20.1. The van der Waals surface area contributed by atoms with Gasteiger partial charge in [-0.05, 0) is 18.6 Å². The number of benzene rings is 1. The van der Waals surface area contributed by atoms with Crippen molar-refractivity contribution in [2.24, 2.45) is 5.92 Å². The number of carbonyl (C=O) groups is 3. The maximum Gasteiger partial charge on any atom is 0.337 e. The summed E-state index contributed by atoms with van der Waals surface area (Å²) in [4.78, 5) is 33.2. The van der Waals surface area contributed by atoms with E-state index >= 15 is 0 Å². The molecule has 0 aliphatic heterocycles. The Balaban J connectivity index is 2.63. The molecule has 0 heterocycles. The van der Waals surface area contributed by atoms with Crippen LogP contribution in [0.15, 0.2) is 24.3 Å². The molecule has 1 atom stereocenters. The number of aliphatic carboxylic acids is 1. The van der Waals surface area contributed by atoms with Gasteiger partial charge in [0.25, 0.3) is 0 Å². The van der Waals surface area contributed by atoms with Gasteiger partial charge < -0.3 is 15.5 Å². The van der Waals surface area contributed by atoms with Gasteiger partial charge in [0.05, 0.1) is 17.2 Å². The quantitative estimate of drug-likeness (QED) is 0.727. The standard InChI is InChI=1S/C13H15NO5/c1-8(12(16)17)6-7-11(15)14-10-5-3-2-4-9(10)13(18)19/h2-5,8H,6-7H2,1H3,(H,14,15)(H,16,17)(H,18,19)/t8-/m0/s1. The third-order valence-corrected chi connectivity index (χ3v) is 2.66. The summed E-state index contributed by atoms with van der Waals surface area (Å²) >= 11 is 0. The Labute approximate surface area is 110 Å². The Morgan fingerprint density at radius 1 is 1.21 bits per heavy atom. The molecule has 6 heteroatoms. The number of hydrogen-bond acceptors (Lipinski definition) is 3. The predicted octanol–water partition coefficient (Wildman–Crippen LogP) is 1.82. The van der Waals surface area contributed by atoms with Crippen LogP contribution in [0.1, 0.15) is 30.1 Å². The molecule has 1 rings (SSSR count). The Kier molecular flexibility index (Phi) is 5.05. The average molecular weight is 265 g/mol. The molecule has 0 saturated carbocycles. The minimum Gasteiger partial charge on any atom is -0.481 e. The van der Waals surface area contributed by atoms with Gasteiger partial charge in [0.15, 0.2) is 0 Å². The maximum atomic E-state index is 11.6. The number of aromatic carboxylic acids is 1. The largest absolute Gasteiger partial charge is 0.481 e. The van der Waals surface area contributed by atoms with E-state index in [2.05, 4.69) is 5.32 Å². The molecule has 6 nitrogen and oxygen atoms in total. The normalized spacial score (nSPS) is 11.6. The van der Waals surface area contributed by atoms with Crippen molar-refractivity contribution in [3.63, 3.8) is 0 Å². The molecule has 102 valence electrons. The second-order valence-corrected chi connectivity index (χ2v) is 4.18. The topological polar surface area (TPSA) is 104 Å². The molecule has 1 aromatic carbocycles. The first-order valence-electron chi connectivity index (χ1n) is 5.76. The maximum absolute atomic E-state index is 11.6. The Hall–Kier alpha value is -2.37. The number of para-hydroxylation sites is 1. The third-order valence-electron chi connectivity index (χ3n) is 2.66. The Morgan fingerprint density at radius 2 is 1.84 bits per heavy atom. The molecule has 0 aliphatic carbocycles. The van der Waals surface area contributed by atoms with Crippen molar-refractivity contribution in [3.05, 3.63) is 29.8 Å². The summed E-state index contributed by atoms with van der Waals surface area (Å²) in [5.74, 6) is -3.10. The van der Waals surface area contributed by atoms with Crippen LogP contribution in [0.2, 0.25) is 0 Å². The molecule has 0 unspecified atom stereocenters. The van der Waals surface area contributed by atoms with Crippen LogP contribution in [-0.2, 0) is 9.59 Å². The van der Waals surface area contributed by atoms with E-state index in [1.165, 1.54) is 19.1 Å². The van der Waals surface area contributed by atoms with Gasteiger partial charge in [-0.2, -0.15) is 0 Å². The summed E-state index contributed by atoms with van der Waals surface area (Å²) in [6.07, 6.45) is 0.234. The number of carbonyl (C=O) groups excluding carboxylic acids is 1. The monoisotopic (exact) mass is 265 g/mol. The van der Waals surface area contributed by atoms with Crippen molar-refractivity contribution < 1.29 is 24.6 Å². The first-order chi connectivity index (χ1) is 8.91. The first-order valence-corrected chi connectivity index (χ1v) is 5.76. The molecule has 3 N–H and O–H groups in total. The summed E-state index contributed by atoms with van der Waals surface area (Å²) < 4.78 is 0. The molecule has 0 bridgehead atoms. The number of amides is 1. The summed E-state index contributed by atoms with van der Waals surface area (Å²) in [5.41, 5.74) is 0.213. The second-order valence-electron chi connectivity index (χ2n) is 4.18. The smallest absolute Gasteiger partial charge is 0.337 e. The minimum atomic E-state index is -1.13. The third kappa shape index (κ3) is 4.42. The molecular weight excluding hydrogens is 250 g/mol. The van der Waals surface area contributed by atoms with Crippen LogP contribution in [0, 0.1) is 5.92 Å². The van der Waals surface area contributed by atoms with Crippen molar-refractivity contribution >= 4 is 23.5 Å². The molecular formula is C13H15NO5. The highest BCUT2D eigenvalue weighted by molar-refractivity contribution is 6.00. The van der Waals surface area contributed by atoms with Crippen LogP contribution < -0.4 is 5.32 Å². The van der Waals surface area contributed by atoms with Crippen molar-refractivity contribution in [3.8, 4) is 0 Å². The lowest BCUT2D eigenvalue weighted by Gasteiger charge is -2.09. The van der Waals surface area contributed by atoms with Crippen LogP contribution in [0.5, 0.6) is 0 Å². The van der Waals surface area contributed by atoms with Crippen LogP contribution in [0.4, 0.5) is 5.69 Å². The molecule has 0 fully saturated rings. The van der Waals surface area contributed by atoms with Gasteiger partial charge in [-0.3, -0.25) is 9.59 Å². The Bertz CT molecular complexity index is 498. The zero-order valence-electron chi connectivity index (χ0n) is 10.4. The van der Waals surface area contributed by atoms with E-state index in [1.807, 2.05) is 0 Å². The zero-order valence-corrected chi connectivity index (χ0v) is 10.4. The fourth-order valence-corrected chi connectivity index (χ4v) is 1.46. The first kappa shape index (κ1) is 14.7. The second kappa shape index (κ2) is 6.53. The number of carboxylic acid groups (broad SMARTS) is 2. The number of rotatable bonds is 6. The van der Waals surface area contributed by atoms with E-state index in [-0.39, 0.29) is 24.1 Å². The molecule has 0 radical (unpaired) electrons. The molecule has 0 aliphatic rings. The average Bonchev–Trinajstić information content (AvgIpc) is 2.36. The minimum absolute atomic E-state index is 0.00198. The number of carboxylic acids is 2. The molecule has 19 heavy (non-hydrogen) atoms. The van der Waals surface area contributed by atoms with E-state index in [9.17, 15) is 14.4 Å². The van der Waals surface area contributed by atoms with Crippen LogP contribution in [-0.4, -0.2) is 28.1 Å². The van der Waals surface area contributed by atoms with E-state index in [0.717, 1.165) is 0 Å². The zero-order chi connectivity index (χ0) is 14.4. The van der Waals surface area contributed by atoms with Gasteiger partial charge >= 0.3 is 11.9 Å². The molecule has 1 amide bonds. The summed E-state index contributed by atoms with van der Waals surface area (Å²) in [6, 6.07) is 6.05. The van der Waals surface area contributed by atoms with E-state index in [4.69, 9.17) is 10.2 Å². The molecule has 1 aromatic rings. The Morgan fingerprint density at radius 3 is 2.42 bits per heavy atom. The van der Waals surface area contributed by atoms with E-state index in [1.54, 1.807) is 12.1 Å². The van der Waals surface area contributed by atoms with E-state index in [0.29, 0.717) is 0 Å². The van der Waals surface area contributed by atoms with Crippen LogP contribution in [0.25, 0.3) is 0 Å². The number of nitrogens with one attached hydrogen (secondary N) is 1. The number of anilines is 1. The van der Waals surface area contributed by atoms with Crippen LogP contribution in [0.3, 0.4) is 0 Å². The SMILES string of the molecule is C[C@@H](CCC(=O)Nc1ccccc1C(=O)O)C(=O)O. The van der Waals surface area contributed by atoms with Gasteiger partial charge in [-0.1, -0.05) is 19.1 Å². The fraction of sp³-hybridized carbons (Fsp3) is 0.308. The highest BCUT2D eigenvalue weighted by Gasteiger charge is 2.15. The van der Waals surface area contributed by atoms with E-state index < -0.39 is 23.8 Å². The van der Waals surface area contributed by atoms with Gasteiger partial charge in [-0.25, -0.2) is 4.79 Å². The van der Waals surface area contributed by atoms with Crippen molar-refractivity contribution in [1.29, 1.82) is 0 Å². The molecule has 0 spiro atoms. The van der Waals surface area contributed by atoms with Gasteiger partial charge in [-0.15, -0.1) is 0 Å². The number of hydrogen-bond donors (Lipinski definition) is 3. The van der Waals surface area contributed by atoms with Gasteiger partial charge in [0.1, 0.15) is 0 Å². The highest BCUT2D eigenvalue weighted by Crippen LogP contribution is 2.16. The predicted molar refractivity (Wildman–Crippen MR) is 68.1 cm³/mol. The lowest BCUT2D eigenvalue weighted by Crippen LogP contribution is -2.17. The van der Waals surface area contributed by atoms with Gasteiger partial charge in [0.2, 0.25) is 5.91 Å². The summed E-state index contributed by atoms with van der Waals surface area (Å²) in [6.45, 7) is 1.51. The van der Waals surface area contributed by atoms with Crippen LogP contribution >= 0.6 is 0 Å². The van der Waals surface area contributed by atoms with Crippen molar-refractivity contribution in [1.82, 2.24) is 0 Å². The van der Waals surface area contributed by atoms with Crippen molar-refractivity contribution in [2.75, 3.05) is 5.32 Å². The fourth-order valence-electron chi connectivity index (χ4n) is 1.46. The summed E-state index contributed by atoms with van der Waals surface area (Å²) in [7, 11) is 0. The highest BCUT2D eigenvalue weighted by atomic mass is 16.4.